The summed E-state index contributed by atoms with van der Waals surface area (Å²) in [5.74, 6) is 1.07. The van der Waals surface area contributed by atoms with E-state index < -0.39 is 0 Å². The van der Waals surface area contributed by atoms with Crippen molar-refractivity contribution < 1.29 is 0 Å². The number of aromatic amines is 1. The molecule has 21 heavy (non-hydrogen) atoms. The van der Waals surface area contributed by atoms with Gasteiger partial charge in [-0.25, -0.2) is 4.98 Å². The molecule has 2 aromatic heterocycles. The quantitative estimate of drug-likeness (QED) is 0.677. The van der Waals surface area contributed by atoms with Gasteiger partial charge < -0.3 is 15.6 Å². The van der Waals surface area contributed by atoms with Gasteiger partial charge in [0.25, 0.3) is 0 Å². The molecule has 1 aromatic carbocycles. The van der Waals surface area contributed by atoms with E-state index >= 15 is 0 Å². The third kappa shape index (κ3) is 2.47. The van der Waals surface area contributed by atoms with Crippen LogP contribution in [0.15, 0.2) is 30.6 Å². The number of fused-ring (bicyclic) bond motifs is 1. The minimum absolute atomic E-state index is 0.494. The number of aromatic nitrogens is 4. The van der Waals surface area contributed by atoms with E-state index in [2.05, 4.69) is 36.6 Å². The number of imidazole rings is 1. The average Bonchev–Trinajstić information content (AvgIpc) is 2.97. The van der Waals surface area contributed by atoms with Gasteiger partial charge >= 0.3 is 0 Å². The summed E-state index contributed by atoms with van der Waals surface area (Å²) in [6.45, 7) is 2.68. The molecule has 3 N–H and O–H groups in total. The lowest BCUT2D eigenvalue weighted by Gasteiger charge is -2.09. The van der Waals surface area contributed by atoms with Crippen LogP contribution in [0, 0.1) is 11.3 Å². The van der Waals surface area contributed by atoms with Crippen LogP contribution in [-0.4, -0.2) is 26.5 Å². The number of para-hydroxylation sites is 1. The summed E-state index contributed by atoms with van der Waals surface area (Å²) in [4.78, 5) is 15.9. The first-order valence-electron chi connectivity index (χ1n) is 6.53. The highest BCUT2D eigenvalue weighted by atomic mass is 15.2. The fourth-order valence-electron chi connectivity index (χ4n) is 1.98. The van der Waals surface area contributed by atoms with Crippen LogP contribution >= 0.6 is 0 Å². The monoisotopic (exact) mass is 279 g/mol. The second kappa shape index (κ2) is 5.46. The van der Waals surface area contributed by atoms with Crippen LogP contribution in [0.25, 0.3) is 11.2 Å². The predicted octanol–water partition coefficient (Wildman–Crippen LogP) is 2.40. The molecular weight excluding hydrogens is 266 g/mol. The molecule has 0 bridgehead atoms. The molecule has 0 amide bonds. The Morgan fingerprint density at radius 1 is 1.29 bits per heavy atom. The lowest BCUT2D eigenvalue weighted by atomic mass is 10.2. The third-order valence-electron chi connectivity index (χ3n) is 2.92. The highest BCUT2D eigenvalue weighted by Gasteiger charge is 2.11. The Labute approximate surface area is 121 Å². The molecular formula is C14H13N7. The molecule has 0 aliphatic heterocycles. The molecule has 0 atom stereocenters. The summed E-state index contributed by atoms with van der Waals surface area (Å²) >= 11 is 0. The third-order valence-corrected chi connectivity index (χ3v) is 2.92. The zero-order valence-electron chi connectivity index (χ0n) is 11.4. The number of H-pyrrole nitrogens is 1. The van der Waals surface area contributed by atoms with Crippen LogP contribution in [-0.2, 0) is 0 Å². The van der Waals surface area contributed by atoms with E-state index in [-0.39, 0.29) is 0 Å². The lowest BCUT2D eigenvalue weighted by Crippen LogP contribution is -2.05. The first kappa shape index (κ1) is 12.9. The first-order valence-corrected chi connectivity index (χ1v) is 6.53. The number of rotatable bonds is 4. The summed E-state index contributed by atoms with van der Waals surface area (Å²) < 4.78 is 0. The number of nitrogens with zero attached hydrogens (tertiary/aromatic N) is 4. The number of hydrogen-bond acceptors (Lipinski definition) is 6. The molecule has 2 heterocycles. The summed E-state index contributed by atoms with van der Waals surface area (Å²) in [5.41, 5.74) is 2.51. The van der Waals surface area contributed by atoms with Crippen molar-refractivity contribution in [1.82, 2.24) is 19.9 Å². The van der Waals surface area contributed by atoms with Crippen molar-refractivity contribution in [1.29, 1.82) is 5.26 Å². The molecule has 3 rings (SSSR count). The smallest absolute Gasteiger partial charge is 0.226 e. The Balaban J connectivity index is 2.07. The Morgan fingerprint density at radius 3 is 2.95 bits per heavy atom. The second-order valence-electron chi connectivity index (χ2n) is 4.31. The van der Waals surface area contributed by atoms with Crippen LogP contribution in [0.4, 0.5) is 17.5 Å². The van der Waals surface area contributed by atoms with E-state index in [4.69, 9.17) is 5.26 Å². The molecule has 7 nitrogen and oxygen atoms in total. The maximum absolute atomic E-state index is 9.15. The highest BCUT2D eigenvalue weighted by molar-refractivity contribution is 5.86. The fourth-order valence-corrected chi connectivity index (χ4v) is 1.98. The van der Waals surface area contributed by atoms with Crippen LogP contribution in [0.2, 0.25) is 0 Å². The van der Waals surface area contributed by atoms with Gasteiger partial charge in [-0.2, -0.15) is 15.2 Å². The van der Waals surface area contributed by atoms with Crippen molar-refractivity contribution >= 4 is 28.6 Å². The van der Waals surface area contributed by atoms with Crippen molar-refractivity contribution in [3.63, 3.8) is 0 Å². The first-order chi connectivity index (χ1) is 10.3. The minimum Gasteiger partial charge on any atom is -0.354 e. The van der Waals surface area contributed by atoms with Gasteiger partial charge in [0.05, 0.1) is 17.6 Å². The zero-order valence-corrected chi connectivity index (χ0v) is 11.4. The lowest BCUT2D eigenvalue weighted by molar-refractivity contribution is 1.10. The van der Waals surface area contributed by atoms with Crippen LogP contribution in [0.5, 0.6) is 0 Å². The summed E-state index contributed by atoms with van der Waals surface area (Å²) in [5, 5.41) is 15.4. The van der Waals surface area contributed by atoms with Gasteiger partial charge in [-0.1, -0.05) is 12.1 Å². The maximum atomic E-state index is 9.15. The van der Waals surface area contributed by atoms with Gasteiger partial charge in [0.15, 0.2) is 11.5 Å². The van der Waals surface area contributed by atoms with Crippen LogP contribution < -0.4 is 10.6 Å². The van der Waals surface area contributed by atoms with Gasteiger partial charge in [-0.05, 0) is 19.1 Å². The Bertz CT molecular complexity index is 816. The van der Waals surface area contributed by atoms with Gasteiger partial charge in [0.1, 0.15) is 11.6 Å². The molecule has 0 saturated carbocycles. The van der Waals surface area contributed by atoms with Crippen molar-refractivity contribution in [2.24, 2.45) is 0 Å². The minimum atomic E-state index is 0.494. The van der Waals surface area contributed by atoms with E-state index in [0.717, 1.165) is 0 Å². The number of nitriles is 1. The Kier molecular flexibility index (Phi) is 3.35. The fraction of sp³-hybridized carbons (Fsp3) is 0.143. The van der Waals surface area contributed by atoms with Gasteiger partial charge in [-0.15, -0.1) is 0 Å². The molecule has 7 heteroatoms. The number of hydrogen-bond donors (Lipinski definition) is 3. The molecule has 0 saturated heterocycles. The van der Waals surface area contributed by atoms with Gasteiger partial charge in [0.2, 0.25) is 5.95 Å². The standard InChI is InChI=1S/C14H13N7/c1-2-16-14-20-12-11(17-8-18-12)13(21-14)19-10-6-4-3-5-9(10)7-15/h3-6,8H,2H2,1H3,(H3,16,17,18,19,20,21). The second-order valence-corrected chi connectivity index (χ2v) is 4.31. The van der Waals surface area contributed by atoms with Crippen LogP contribution in [0.3, 0.4) is 0 Å². The van der Waals surface area contributed by atoms with Gasteiger partial charge in [0, 0.05) is 6.54 Å². The van der Waals surface area contributed by atoms with E-state index in [1.165, 1.54) is 0 Å². The molecule has 3 aromatic rings. The molecule has 0 fully saturated rings. The molecule has 0 unspecified atom stereocenters. The molecule has 0 radical (unpaired) electrons. The molecule has 0 aliphatic carbocycles. The molecule has 0 spiro atoms. The van der Waals surface area contributed by atoms with E-state index in [1.54, 1.807) is 12.4 Å². The predicted molar refractivity (Wildman–Crippen MR) is 80.3 cm³/mol. The van der Waals surface area contributed by atoms with E-state index in [0.29, 0.717) is 40.7 Å². The van der Waals surface area contributed by atoms with Crippen molar-refractivity contribution in [2.45, 2.75) is 6.92 Å². The zero-order chi connectivity index (χ0) is 14.7. The van der Waals surface area contributed by atoms with Crippen molar-refractivity contribution in [2.75, 3.05) is 17.2 Å². The molecule has 104 valence electrons. The number of nitrogens with one attached hydrogen (secondary N) is 3. The van der Waals surface area contributed by atoms with E-state index in [9.17, 15) is 0 Å². The van der Waals surface area contributed by atoms with Gasteiger partial charge in [-0.3, -0.25) is 0 Å². The summed E-state index contributed by atoms with van der Waals surface area (Å²) in [6.07, 6.45) is 1.57. The number of anilines is 3. The SMILES string of the molecule is CCNc1nc(Nc2ccccc2C#N)c2[nH]cnc2n1. The average molecular weight is 279 g/mol. The maximum Gasteiger partial charge on any atom is 0.226 e. The molecule has 0 aliphatic rings. The van der Waals surface area contributed by atoms with Crippen molar-refractivity contribution in [3.05, 3.63) is 36.2 Å². The Hall–Kier alpha value is -3.14. The summed E-state index contributed by atoms with van der Waals surface area (Å²) in [7, 11) is 0. The normalized spacial score (nSPS) is 10.3. The number of benzene rings is 1. The van der Waals surface area contributed by atoms with Crippen molar-refractivity contribution in [3.8, 4) is 6.07 Å². The summed E-state index contributed by atoms with van der Waals surface area (Å²) in [6, 6.07) is 9.41. The Morgan fingerprint density at radius 2 is 2.14 bits per heavy atom. The van der Waals surface area contributed by atoms with E-state index in [1.807, 2.05) is 25.1 Å². The topological polar surface area (TPSA) is 102 Å². The largest absolute Gasteiger partial charge is 0.354 e. The van der Waals surface area contributed by atoms with Crippen LogP contribution in [0.1, 0.15) is 12.5 Å². The highest BCUT2D eigenvalue weighted by Crippen LogP contribution is 2.24.